The minimum absolute atomic E-state index is 0.200. The first-order chi connectivity index (χ1) is 8.82. The molecule has 0 aromatic heterocycles. The van der Waals surface area contributed by atoms with Crippen molar-refractivity contribution in [1.29, 1.82) is 0 Å². The minimum atomic E-state index is -0.938. The molecule has 0 heterocycles. The Morgan fingerprint density at radius 2 is 1.75 bits per heavy atom. The molecule has 2 N–H and O–H groups in total. The lowest BCUT2D eigenvalue weighted by Crippen LogP contribution is -2.52. The molecule has 1 aliphatic rings. The highest BCUT2D eigenvalue weighted by Crippen LogP contribution is 2.53. The van der Waals surface area contributed by atoms with E-state index in [9.17, 15) is 9.59 Å². The first-order valence-corrected chi connectivity index (χ1v) is 7.25. The zero-order chi connectivity index (χ0) is 15.8. The third-order valence-electron chi connectivity index (χ3n) is 2.69. The van der Waals surface area contributed by atoms with Gasteiger partial charge in [-0.25, -0.2) is 4.79 Å². The van der Waals surface area contributed by atoms with Crippen LogP contribution < -0.4 is 10.6 Å². The number of hydrogen-bond donors (Lipinski definition) is 2. The number of alkyl halides is 2. The number of carbonyl (C=O) groups excluding carboxylic acids is 2. The second-order valence-electron chi connectivity index (χ2n) is 6.75. The average Bonchev–Trinajstić information content (AvgIpc) is 2.80. The van der Waals surface area contributed by atoms with Gasteiger partial charge in [-0.15, -0.1) is 23.2 Å². The zero-order valence-corrected chi connectivity index (χ0v) is 14.0. The van der Waals surface area contributed by atoms with Crippen LogP contribution in [0, 0.1) is 5.92 Å². The van der Waals surface area contributed by atoms with E-state index in [1.807, 2.05) is 0 Å². The second-order valence-corrected chi connectivity index (χ2v) is 8.29. The third-order valence-corrected chi connectivity index (χ3v) is 3.52. The molecule has 0 aliphatic heterocycles. The van der Waals surface area contributed by atoms with E-state index in [-0.39, 0.29) is 18.4 Å². The summed E-state index contributed by atoms with van der Waals surface area (Å²) < 4.78 is 4.23. The molecule has 0 spiro atoms. The molecule has 2 amide bonds. The maximum Gasteiger partial charge on any atom is 0.408 e. The molecule has 0 radical (unpaired) electrons. The highest BCUT2D eigenvalue weighted by atomic mass is 35.5. The van der Waals surface area contributed by atoms with Crippen LogP contribution in [0.5, 0.6) is 0 Å². The molecule has 1 saturated carbocycles. The van der Waals surface area contributed by atoms with E-state index in [1.54, 1.807) is 34.6 Å². The van der Waals surface area contributed by atoms with Crippen molar-refractivity contribution in [1.82, 2.24) is 10.6 Å². The molecule has 7 heteroatoms. The molecule has 116 valence electrons. The summed E-state index contributed by atoms with van der Waals surface area (Å²) in [6.45, 7) is 9.21. The van der Waals surface area contributed by atoms with Crippen molar-refractivity contribution in [2.24, 2.45) is 5.92 Å². The SMILES string of the molecule is CC(C)(CNC(=O)[C@H]1CC1(Cl)Cl)NC(=O)OC(C)(C)C. The molecule has 0 aromatic carbocycles. The van der Waals surface area contributed by atoms with E-state index in [0.29, 0.717) is 6.42 Å². The van der Waals surface area contributed by atoms with E-state index < -0.39 is 21.6 Å². The summed E-state index contributed by atoms with van der Waals surface area (Å²) in [7, 11) is 0. The lowest BCUT2D eigenvalue weighted by atomic mass is 10.1. The van der Waals surface area contributed by atoms with Crippen LogP contribution in [0.3, 0.4) is 0 Å². The van der Waals surface area contributed by atoms with Crippen LogP contribution >= 0.6 is 23.2 Å². The summed E-state index contributed by atoms with van der Waals surface area (Å²) in [6, 6.07) is 0. The van der Waals surface area contributed by atoms with Gasteiger partial charge in [0, 0.05) is 6.54 Å². The number of halogens is 2. The molecule has 1 fully saturated rings. The Labute approximate surface area is 129 Å². The van der Waals surface area contributed by atoms with Crippen LogP contribution in [0.15, 0.2) is 0 Å². The number of carbonyl (C=O) groups is 2. The van der Waals surface area contributed by atoms with Crippen molar-refractivity contribution in [2.45, 2.75) is 56.5 Å². The number of ether oxygens (including phenoxy) is 1. The van der Waals surface area contributed by atoms with Gasteiger partial charge in [-0.05, 0) is 41.0 Å². The first-order valence-electron chi connectivity index (χ1n) is 6.49. The maximum atomic E-state index is 11.8. The predicted octanol–water partition coefficient (Wildman–Crippen LogP) is 2.60. The number of amides is 2. The fourth-order valence-electron chi connectivity index (χ4n) is 1.55. The Balaban J connectivity index is 2.38. The topological polar surface area (TPSA) is 67.4 Å². The van der Waals surface area contributed by atoms with Gasteiger partial charge >= 0.3 is 6.09 Å². The molecule has 1 rings (SSSR count). The molecule has 0 aromatic rings. The van der Waals surface area contributed by atoms with E-state index in [2.05, 4.69) is 10.6 Å². The maximum absolute atomic E-state index is 11.8. The number of nitrogens with one attached hydrogen (secondary N) is 2. The number of hydrogen-bond acceptors (Lipinski definition) is 3. The van der Waals surface area contributed by atoms with Crippen molar-refractivity contribution in [3.63, 3.8) is 0 Å². The van der Waals surface area contributed by atoms with Crippen LogP contribution in [0.1, 0.15) is 41.0 Å². The van der Waals surface area contributed by atoms with Gasteiger partial charge in [0.15, 0.2) is 0 Å². The standard InChI is InChI=1S/C13H22Cl2N2O3/c1-11(2,3)20-10(19)17-12(4,5)7-16-9(18)8-6-13(8,14)15/h8H,6-7H2,1-5H3,(H,16,18)(H,17,19)/t8-/m1/s1. The Hall–Kier alpha value is -0.680. The van der Waals surface area contributed by atoms with E-state index in [0.717, 1.165) is 0 Å². The van der Waals surface area contributed by atoms with Crippen molar-refractivity contribution in [2.75, 3.05) is 6.54 Å². The molecule has 20 heavy (non-hydrogen) atoms. The predicted molar refractivity (Wildman–Crippen MR) is 79.0 cm³/mol. The molecule has 0 unspecified atom stereocenters. The normalized spacial score (nSPS) is 21.1. The van der Waals surface area contributed by atoms with E-state index in [4.69, 9.17) is 27.9 Å². The fraction of sp³-hybridized carbons (Fsp3) is 0.846. The molecule has 1 atom stereocenters. The minimum Gasteiger partial charge on any atom is -0.444 e. The van der Waals surface area contributed by atoms with Crippen LogP contribution in [0.2, 0.25) is 0 Å². The molecule has 1 aliphatic carbocycles. The number of rotatable bonds is 4. The summed E-state index contributed by atoms with van der Waals surface area (Å²) in [5.74, 6) is -0.572. The molecule has 5 nitrogen and oxygen atoms in total. The second kappa shape index (κ2) is 5.60. The van der Waals surface area contributed by atoms with Crippen LogP contribution in [-0.2, 0) is 9.53 Å². The van der Waals surface area contributed by atoms with Gasteiger partial charge in [0.25, 0.3) is 0 Å². The smallest absolute Gasteiger partial charge is 0.408 e. The van der Waals surface area contributed by atoms with Gasteiger partial charge in [-0.3, -0.25) is 4.79 Å². The number of alkyl carbamates (subject to hydrolysis) is 1. The highest BCUT2D eigenvalue weighted by molar-refractivity contribution is 6.52. The summed E-state index contributed by atoms with van der Waals surface area (Å²) in [4.78, 5) is 23.4. The van der Waals surface area contributed by atoms with Gasteiger partial charge in [0.05, 0.1) is 11.5 Å². The monoisotopic (exact) mass is 324 g/mol. The van der Waals surface area contributed by atoms with Gasteiger partial charge in [-0.2, -0.15) is 0 Å². The lowest BCUT2D eigenvalue weighted by Gasteiger charge is -2.28. The van der Waals surface area contributed by atoms with Gasteiger partial charge in [-0.1, -0.05) is 0 Å². The van der Waals surface area contributed by atoms with Crippen molar-refractivity contribution >= 4 is 35.2 Å². The highest BCUT2D eigenvalue weighted by Gasteiger charge is 2.56. The Morgan fingerprint density at radius 3 is 2.15 bits per heavy atom. The first kappa shape index (κ1) is 17.4. The molecular weight excluding hydrogens is 303 g/mol. The van der Waals surface area contributed by atoms with Gasteiger partial charge in [0.2, 0.25) is 5.91 Å². The van der Waals surface area contributed by atoms with Crippen molar-refractivity contribution < 1.29 is 14.3 Å². The summed E-state index contributed by atoms with van der Waals surface area (Å²) in [5, 5.41) is 5.44. The van der Waals surface area contributed by atoms with Gasteiger partial charge < -0.3 is 15.4 Å². The molecule has 0 saturated heterocycles. The van der Waals surface area contributed by atoms with Crippen LogP contribution in [0.25, 0.3) is 0 Å². The molecule has 0 bridgehead atoms. The van der Waals surface area contributed by atoms with Crippen molar-refractivity contribution in [3.05, 3.63) is 0 Å². The molecular formula is C13H22Cl2N2O3. The Morgan fingerprint density at radius 1 is 1.25 bits per heavy atom. The van der Waals surface area contributed by atoms with E-state index in [1.165, 1.54) is 0 Å². The van der Waals surface area contributed by atoms with Crippen LogP contribution in [0.4, 0.5) is 4.79 Å². The summed E-state index contributed by atoms with van der Waals surface area (Å²) >= 11 is 11.6. The quantitative estimate of drug-likeness (QED) is 0.781. The third kappa shape index (κ3) is 5.75. The average molecular weight is 325 g/mol. The largest absolute Gasteiger partial charge is 0.444 e. The fourth-order valence-corrected chi connectivity index (χ4v) is 2.06. The zero-order valence-electron chi connectivity index (χ0n) is 12.5. The van der Waals surface area contributed by atoms with Gasteiger partial charge in [0.1, 0.15) is 9.93 Å². The Kier molecular flexibility index (Phi) is 4.87. The lowest BCUT2D eigenvalue weighted by molar-refractivity contribution is -0.122. The van der Waals surface area contributed by atoms with Crippen LogP contribution in [-0.4, -0.2) is 34.0 Å². The Bertz CT molecular complexity index is 403. The van der Waals surface area contributed by atoms with E-state index >= 15 is 0 Å². The van der Waals surface area contributed by atoms with Crippen molar-refractivity contribution in [3.8, 4) is 0 Å². The summed E-state index contributed by atoms with van der Waals surface area (Å²) in [5.41, 5.74) is -1.19. The summed E-state index contributed by atoms with van der Waals surface area (Å²) in [6.07, 6.45) is -0.0609.